The number of H-pyrrole nitrogens is 1. The zero-order valence-electron chi connectivity index (χ0n) is 15.6. The minimum Gasteiger partial charge on any atom is -0.361 e. The van der Waals surface area contributed by atoms with Crippen LogP contribution in [0.5, 0.6) is 0 Å². The van der Waals surface area contributed by atoms with Gasteiger partial charge in [-0.05, 0) is 30.7 Å². The summed E-state index contributed by atoms with van der Waals surface area (Å²) in [7, 11) is 0. The lowest BCUT2D eigenvalue weighted by Crippen LogP contribution is -2.52. The van der Waals surface area contributed by atoms with Gasteiger partial charge in [-0.25, -0.2) is 0 Å². The van der Waals surface area contributed by atoms with E-state index in [9.17, 15) is 4.79 Å². The van der Waals surface area contributed by atoms with E-state index in [-0.39, 0.29) is 5.91 Å². The van der Waals surface area contributed by atoms with Crippen molar-refractivity contribution >= 4 is 28.3 Å². The van der Waals surface area contributed by atoms with Gasteiger partial charge in [-0.1, -0.05) is 18.2 Å². The number of para-hydroxylation sites is 1. The van der Waals surface area contributed by atoms with Gasteiger partial charge >= 0.3 is 0 Å². The van der Waals surface area contributed by atoms with E-state index in [0.29, 0.717) is 18.9 Å². The predicted molar refractivity (Wildman–Crippen MR) is 106 cm³/mol. The highest BCUT2D eigenvalue weighted by molar-refractivity contribution is 5.88. The first-order valence-electron chi connectivity index (χ1n) is 9.43. The van der Waals surface area contributed by atoms with Crippen molar-refractivity contribution in [2.45, 2.75) is 13.3 Å². The first-order valence-corrected chi connectivity index (χ1v) is 9.43. The molecule has 0 aliphatic carbocycles. The lowest BCUT2D eigenvalue weighted by Gasteiger charge is -2.40. The van der Waals surface area contributed by atoms with E-state index >= 15 is 0 Å². The Morgan fingerprint density at radius 1 is 1.21 bits per heavy atom. The molecular weight excluding hydrogens is 354 g/mol. The van der Waals surface area contributed by atoms with Crippen LogP contribution in [0.1, 0.15) is 11.4 Å². The molecule has 0 radical (unpaired) electrons. The van der Waals surface area contributed by atoms with E-state index in [0.717, 1.165) is 46.8 Å². The highest BCUT2D eigenvalue weighted by Crippen LogP contribution is 2.23. The Bertz CT molecular complexity index is 1160. The Balaban J connectivity index is 1.14. The summed E-state index contributed by atoms with van der Waals surface area (Å²) >= 11 is 0. The maximum Gasteiger partial charge on any atom is 0.224 e. The third-order valence-corrected chi connectivity index (χ3v) is 5.30. The second kappa shape index (κ2) is 6.63. The number of benzene rings is 1. The average Bonchev–Trinajstić information content (AvgIpc) is 3.25. The largest absolute Gasteiger partial charge is 0.361 e. The molecule has 4 heterocycles. The molecule has 1 aromatic carbocycles. The van der Waals surface area contributed by atoms with Crippen LogP contribution in [0.15, 0.2) is 42.6 Å². The molecule has 1 fully saturated rings. The molecule has 28 heavy (non-hydrogen) atoms. The smallest absolute Gasteiger partial charge is 0.224 e. The van der Waals surface area contributed by atoms with Crippen molar-refractivity contribution in [2.75, 3.05) is 24.5 Å². The van der Waals surface area contributed by atoms with Crippen molar-refractivity contribution in [3.8, 4) is 0 Å². The van der Waals surface area contributed by atoms with Crippen molar-refractivity contribution in [2.24, 2.45) is 5.92 Å². The number of anilines is 1. The van der Waals surface area contributed by atoms with Gasteiger partial charge in [0, 0.05) is 42.7 Å². The fourth-order valence-corrected chi connectivity index (χ4v) is 3.71. The summed E-state index contributed by atoms with van der Waals surface area (Å²) in [6.45, 7) is 4.34. The molecule has 1 aliphatic heterocycles. The van der Waals surface area contributed by atoms with Gasteiger partial charge in [-0.3, -0.25) is 4.79 Å². The molecule has 0 spiro atoms. The van der Waals surface area contributed by atoms with E-state index in [1.165, 1.54) is 0 Å². The van der Waals surface area contributed by atoms with Crippen molar-refractivity contribution in [3.05, 3.63) is 54.0 Å². The lowest BCUT2D eigenvalue weighted by atomic mass is 10.00. The second-order valence-corrected chi connectivity index (χ2v) is 7.32. The summed E-state index contributed by atoms with van der Waals surface area (Å²) in [5.74, 6) is 2.18. The van der Waals surface area contributed by atoms with Crippen LogP contribution in [0.25, 0.3) is 16.6 Å². The van der Waals surface area contributed by atoms with Gasteiger partial charge in [0.05, 0.1) is 6.42 Å². The topological polar surface area (TPSA) is 91.2 Å². The third-order valence-electron chi connectivity index (χ3n) is 5.30. The van der Waals surface area contributed by atoms with Crippen LogP contribution in [-0.2, 0) is 11.2 Å². The summed E-state index contributed by atoms with van der Waals surface area (Å²) < 4.78 is 1.76. The van der Waals surface area contributed by atoms with Crippen LogP contribution in [0.2, 0.25) is 0 Å². The summed E-state index contributed by atoms with van der Waals surface area (Å²) in [4.78, 5) is 17.8. The van der Waals surface area contributed by atoms with Crippen LogP contribution >= 0.6 is 0 Å². The number of hydrogen-bond acceptors (Lipinski definition) is 5. The molecule has 1 saturated heterocycles. The minimum absolute atomic E-state index is 0.0582. The van der Waals surface area contributed by atoms with Crippen LogP contribution in [0.3, 0.4) is 0 Å². The van der Waals surface area contributed by atoms with Gasteiger partial charge in [-0.2, -0.15) is 4.52 Å². The number of carbonyl (C=O) groups is 1. The number of nitrogens with one attached hydrogen (secondary N) is 2. The van der Waals surface area contributed by atoms with Gasteiger partial charge in [0.2, 0.25) is 5.91 Å². The summed E-state index contributed by atoms with van der Waals surface area (Å²) in [5, 5.41) is 16.9. The molecule has 0 saturated carbocycles. The maximum absolute atomic E-state index is 12.3. The quantitative estimate of drug-likeness (QED) is 0.554. The van der Waals surface area contributed by atoms with Crippen molar-refractivity contribution in [1.29, 1.82) is 0 Å². The molecule has 3 aromatic heterocycles. The van der Waals surface area contributed by atoms with E-state index in [4.69, 9.17) is 0 Å². The normalized spacial score (nSPS) is 14.5. The van der Waals surface area contributed by atoms with E-state index in [2.05, 4.69) is 30.5 Å². The van der Waals surface area contributed by atoms with E-state index in [1.54, 1.807) is 4.52 Å². The molecule has 0 atom stereocenters. The zero-order valence-corrected chi connectivity index (χ0v) is 15.6. The van der Waals surface area contributed by atoms with E-state index in [1.807, 2.05) is 49.5 Å². The van der Waals surface area contributed by atoms with Gasteiger partial charge < -0.3 is 15.2 Å². The molecular formula is C20H21N7O. The number of rotatable bonds is 5. The molecule has 2 N–H and O–H groups in total. The average molecular weight is 375 g/mol. The fraction of sp³-hybridized carbons (Fsp3) is 0.300. The van der Waals surface area contributed by atoms with Crippen LogP contribution in [-0.4, -0.2) is 50.3 Å². The van der Waals surface area contributed by atoms with Crippen LogP contribution < -0.4 is 10.2 Å². The molecule has 1 aliphatic rings. The molecule has 5 rings (SSSR count). The molecule has 0 unspecified atom stereocenters. The molecule has 8 heteroatoms. The number of fused-ring (bicyclic) bond motifs is 2. The zero-order chi connectivity index (χ0) is 19.1. The summed E-state index contributed by atoms with van der Waals surface area (Å²) in [6, 6.07) is 11.9. The van der Waals surface area contributed by atoms with Crippen LogP contribution in [0, 0.1) is 12.8 Å². The first-order chi connectivity index (χ1) is 13.7. The van der Waals surface area contributed by atoms with Crippen LogP contribution in [0.4, 0.5) is 5.82 Å². The standard InChI is InChI=1S/C20H21N7O/c1-13-23-24-18-6-7-19(25-27(13)18)26-11-14(12-26)9-22-20(28)8-15-10-21-17-5-3-2-4-16(15)17/h2-7,10,14,21H,8-9,11-12H2,1H3,(H,22,28). The Labute approximate surface area is 161 Å². The Morgan fingerprint density at radius 3 is 2.96 bits per heavy atom. The Hall–Kier alpha value is -3.42. The molecule has 0 bridgehead atoms. The first kappa shape index (κ1) is 16.7. The highest BCUT2D eigenvalue weighted by Gasteiger charge is 2.28. The predicted octanol–water partition coefficient (Wildman–Crippen LogP) is 1.71. The number of aromatic nitrogens is 5. The number of hydrogen-bond donors (Lipinski definition) is 2. The number of aromatic amines is 1. The number of amides is 1. The third kappa shape index (κ3) is 2.96. The van der Waals surface area contributed by atoms with Crippen molar-refractivity contribution in [1.82, 2.24) is 30.1 Å². The SMILES string of the molecule is Cc1nnc2ccc(N3CC(CNC(=O)Cc4c[nH]c5ccccc45)C3)nn12. The van der Waals surface area contributed by atoms with Gasteiger partial charge in [-0.15, -0.1) is 15.3 Å². The maximum atomic E-state index is 12.3. The highest BCUT2D eigenvalue weighted by atomic mass is 16.1. The molecule has 4 aromatic rings. The molecule has 1 amide bonds. The summed E-state index contributed by atoms with van der Waals surface area (Å²) in [6.07, 6.45) is 2.32. The summed E-state index contributed by atoms with van der Waals surface area (Å²) in [5.41, 5.74) is 2.85. The van der Waals surface area contributed by atoms with Gasteiger partial charge in [0.25, 0.3) is 0 Å². The minimum atomic E-state index is 0.0582. The Morgan fingerprint density at radius 2 is 2.07 bits per heavy atom. The molecule has 142 valence electrons. The number of nitrogens with zero attached hydrogens (tertiary/aromatic N) is 5. The second-order valence-electron chi connectivity index (χ2n) is 7.32. The van der Waals surface area contributed by atoms with Crippen molar-refractivity contribution < 1.29 is 4.79 Å². The van der Waals surface area contributed by atoms with Gasteiger partial charge in [0.15, 0.2) is 11.5 Å². The Kier molecular flexibility index (Phi) is 3.96. The van der Waals surface area contributed by atoms with Gasteiger partial charge in [0.1, 0.15) is 5.82 Å². The van der Waals surface area contributed by atoms with E-state index < -0.39 is 0 Å². The number of aryl methyl sites for hydroxylation is 1. The molecule has 8 nitrogen and oxygen atoms in total. The number of carbonyl (C=O) groups excluding carboxylic acids is 1. The van der Waals surface area contributed by atoms with Crippen molar-refractivity contribution in [3.63, 3.8) is 0 Å². The monoisotopic (exact) mass is 375 g/mol. The lowest BCUT2D eigenvalue weighted by molar-refractivity contribution is -0.120. The fourth-order valence-electron chi connectivity index (χ4n) is 3.71.